The van der Waals surface area contributed by atoms with Gasteiger partial charge in [0.1, 0.15) is 11.4 Å². The molecule has 0 fully saturated rings. The van der Waals surface area contributed by atoms with Crippen LogP contribution < -0.4 is 4.72 Å². The Hall–Kier alpha value is -2.12. The van der Waals surface area contributed by atoms with Crippen molar-refractivity contribution in [2.75, 3.05) is 4.72 Å². The predicted octanol–water partition coefficient (Wildman–Crippen LogP) is 2.68. The second-order valence-electron chi connectivity index (χ2n) is 3.97. The Morgan fingerprint density at radius 3 is 2.80 bits per heavy atom. The first-order chi connectivity index (χ1) is 9.56. The number of hydrogen-bond donors (Lipinski definition) is 1. The molecule has 0 bridgehead atoms. The van der Waals surface area contributed by atoms with Crippen molar-refractivity contribution in [1.29, 1.82) is 0 Å². The number of benzene rings is 1. The summed E-state index contributed by atoms with van der Waals surface area (Å²) in [6.07, 6.45) is 2.80. The Labute approximate surface area is 119 Å². The number of anilines is 1. The van der Waals surface area contributed by atoms with Crippen LogP contribution in [0.1, 0.15) is 0 Å². The third-order valence-corrected chi connectivity index (χ3v) is 4.33. The highest BCUT2D eigenvalue weighted by atomic mass is 35.5. The number of rotatable bonds is 3. The standard InChI is InChI=1S/C12H8ClN3O3S/c13-12-10-2-1-9(7-8(10)3-5-14-12)20(17,18)16-11-4-6-19-15-11/h1-7H,(H,15,16). The first-order valence-corrected chi connectivity index (χ1v) is 7.40. The van der Waals surface area contributed by atoms with Gasteiger partial charge in [-0.05, 0) is 29.7 Å². The molecule has 20 heavy (non-hydrogen) atoms. The average Bonchev–Trinajstić information content (AvgIpc) is 2.91. The van der Waals surface area contributed by atoms with Gasteiger partial charge in [0.05, 0.1) is 4.90 Å². The minimum Gasteiger partial charge on any atom is -0.363 e. The zero-order chi connectivity index (χ0) is 14.2. The van der Waals surface area contributed by atoms with Crippen molar-refractivity contribution in [1.82, 2.24) is 10.1 Å². The van der Waals surface area contributed by atoms with Crippen LogP contribution in [0.25, 0.3) is 10.8 Å². The third kappa shape index (κ3) is 2.33. The van der Waals surface area contributed by atoms with Crippen LogP contribution in [-0.2, 0) is 10.0 Å². The highest BCUT2D eigenvalue weighted by Gasteiger charge is 2.16. The molecule has 0 amide bonds. The van der Waals surface area contributed by atoms with Crippen LogP contribution in [0.3, 0.4) is 0 Å². The monoisotopic (exact) mass is 309 g/mol. The largest absolute Gasteiger partial charge is 0.363 e. The van der Waals surface area contributed by atoms with Gasteiger partial charge in [0.25, 0.3) is 10.0 Å². The molecule has 1 aromatic carbocycles. The van der Waals surface area contributed by atoms with E-state index in [9.17, 15) is 8.42 Å². The van der Waals surface area contributed by atoms with Crippen LogP contribution >= 0.6 is 11.6 Å². The minimum absolute atomic E-state index is 0.107. The number of hydrogen-bond acceptors (Lipinski definition) is 5. The molecular formula is C12H8ClN3O3S. The number of aromatic nitrogens is 2. The van der Waals surface area contributed by atoms with E-state index in [-0.39, 0.29) is 10.7 Å². The summed E-state index contributed by atoms with van der Waals surface area (Å²) in [5, 5.41) is 5.21. The van der Waals surface area contributed by atoms with Crippen molar-refractivity contribution in [3.8, 4) is 0 Å². The van der Waals surface area contributed by atoms with Crippen LogP contribution in [0.2, 0.25) is 5.15 Å². The first kappa shape index (κ1) is 12.9. The van der Waals surface area contributed by atoms with Gasteiger partial charge in [-0.25, -0.2) is 13.4 Å². The molecule has 2 heterocycles. The Morgan fingerprint density at radius 1 is 1.20 bits per heavy atom. The van der Waals surface area contributed by atoms with E-state index in [4.69, 9.17) is 11.6 Å². The molecule has 0 radical (unpaired) electrons. The van der Waals surface area contributed by atoms with Gasteiger partial charge in [0.2, 0.25) is 0 Å². The lowest BCUT2D eigenvalue weighted by molar-refractivity contribution is 0.423. The number of nitrogens with one attached hydrogen (secondary N) is 1. The Bertz CT molecular complexity index is 863. The molecule has 0 unspecified atom stereocenters. The SMILES string of the molecule is O=S(=O)(Nc1ccon1)c1ccc2c(Cl)nccc2c1. The fourth-order valence-corrected chi connectivity index (χ4v) is 3.00. The Morgan fingerprint density at radius 2 is 2.05 bits per heavy atom. The van der Waals surface area contributed by atoms with Crippen molar-refractivity contribution in [2.45, 2.75) is 4.90 Å². The van der Waals surface area contributed by atoms with Gasteiger partial charge in [0.15, 0.2) is 5.82 Å². The van der Waals surface area contributed by atoms with Gasteiger partial charge in [-0.1, -0.05) is 16.8 Å². The second-order valence-corrected chi connectivity index (χ2v) is 6.02. The summed E-state index contributed by atoms with van der Waals surface area (Å²) in [5.74, 6) is 0.123. The topological polar surface area (TPSA) is 85.1 Å². The molecule has 0 aliphatic carbocycles. The molecule has 0 spiro atoms. The molecular weight excluding hydrogens is 302 g/mol. The van der Waals surface area contributed by atoms with E-state index < -0.39 is 10.0 Å². The van der Waals surface area contributed by atoms with Crippen molar-refractivity contribution in [3.63, 3.8) is 0 Å². The number of pyridine rings is 1. The maximum absolute atomic E-state index is 12.2. The summed E-state index contributed by atoms with van der Waals surface area (Å²) in [5.41, 5.74) is 0. The summed E-state index contributed by atoms with van der Waals surface area (Å²) in [7, 11) is -3.72. The fourth-order valence-electron chi connectivity index (χ4n) is 1.75. The lowest BCUT2D eigenvalue weighted by Gasteiger charge is -2.06. The Balaban J connectivity index is 2.05. The van der Waals surface area contributed by atoms with E-state index >= 15 is 0 Å². The number of nitrogens with zero attached hydrogens (tertiary/aromatic N) is 2. The van der Waals surface area contributed by atoms with Crippen molar-refractivity contribution in [3.05, 3.63) is 47.9 Å². The Kier molecular flexibility index (Phi) is 3.07. The normalized spacial score (nSPS) is 11.7. The smallest absolute Gasteiger partial charge is 0.263 e. The zero-order valence-electron chi connectivity index (χ0n) is 9.95. The van der Waals surface area contributed by atoms with Gasteiger partial charge in [-0.3, -0.25) is 4.72 Å². The first-order valence-electron chi connectivity index (χ1n) is 5.54. The maximum Gasteiger partial charge on any atom is 0.263 e. The highest BCUT2D eigenvalue weighted by Crippen LogP contribution is 2.24. The van der Waals surface area contributed by atoms with E-state index in [2.05, 4.69) is 19.4 Å². The quantitative estimate of drug-likeness (QED) is 0.752. The third-order valence-electron chi connectivity index (χ3n) is 2.67. The highest BCUT2D eigenvalue weighted by molar-refractivity contribution is 7.92. The fraction of sp³-hybridized carbons (Fsp3) is 0. The molecule has 3 aromatic rings. The lowest BCUT2D eigenvalue weighted by Crippen LogP contribution is -2.13. The van der Waals surface area contributed by atoms with Gasteiger partial charge in [0, 0.05) is 17.6 Å². The second kappa shape index (κ2) is 4.77. The molecule has 6 nitrogen and oxygen atoms in total. The van der Waals surface area contributed by atoms with Crippen molar-refractivity contribution >= 4 is 38.2 Å². The van der Waals surface area contributed by atoms with Gasteiger partial charge in [-0.15, -0.1) is 0 Å². The van der Waals surface area contributed by atoms with Gasteiger partial charge in [-0.2, -0.15) is 0 Å². The van der Waals surface area contributed by atoms with Crippen LogP contribution in [-0.4, -0.2) is 18.6 Å². The minimum atomic E-state index is -3.72. The van der Waals surface area contributed by atoms with E-state index in [1.165, 1.54) is 30.7 Å². The van der Waals surface area contributed by atoms with Crippen molar-refractivity contribution in [2.24, 2.45) is 0 Å². The van der Waals surface area contributed by atoms with E-state index in [0.29, 0.717) is 15.9 Å². The molecule has 0 saturated heterocycles. The molecule has 8 heteroatoms. The zero-order valence-corrected chi connectivity index (χ0v) is 11.5. The molecule has 2 aromatic heterocycles. The van der Waals surface area contributed by atoms with E-state index in [1.807, 2.05) is 0 Å². The number of fused-ring (bicyclic) bond motifs is 1. The van der Waals surface area contributed by atoms with Crippen molar-refractivity contribution < 1.29 is 12.9 Å². The summed E-state index contributed by atoms with van der Waals surface area (Å²) < 4.78 is 31.3. The maximum atomic E-state index is 12.2. The average molecular weight is 310 g/mol. The molecule has 0 atom stereocenters. The molecule has 0 saturated carbocycles. The van der Waals surface area contributed by atoms with E-state index in [1.54, 1.807) is 12.1 Å². The van der Waals surface area contributed by atoms with Crippen LogP contribution in [0.5, 0.6) is 0 Å². The van der Waals surface area contributed by atoms with Crippen LogP contribution in [0, 0.1) is 0 Å². The van der Waals surface area contributed by atoms with E-state index in [0.717, 1.165) is 0 Å². The number of sulfonamides is 1. The molecule has 102 valence electrons. The predicted molar refractivity (Wildman–Crippen MR) is 74.1 cm³/mol. The summed E-state index contributed by atoms with van der Waals surface area (Å²) in [4.78, 5) is 4.04. The van der Waals surface area contributed by atoms with Gasteiger partial charge < -0.3 is 4.52 Å². The van der Waals surface area contributed by atoms with Crippen LogP contribution in [0.15, 0.2) is 52.2 Å². The summed E-state index contributed by atoms with van der Waals surface area (Å²) in [6, 6.07) is 7.70. The number of halogens is 1. The van der Waals surface area contributed by atoms with Gasteiger partial charge >= 0.3 is 0 Å². The molecule has 3 rings (SSSR count). The molecule has 1 N–H and O–H groups in total. The summed E-state index contributed by atoms with van der Waals surface area (Å²) in [6.45, 7) is 0. The molecule has 0 aliphatic heterocycles. The lowest BCUT2D eigenvalue weighted by atomic mass is 10.2. The van der Waals surface area contributed by atoms with Crippen LogP contribution in [0.4, 0.5) is 5.82 Å². The molecule has 0 aliphatic rings. The summed E-state index contributed by atoms with van der Waals surface area (Å²) >= 11 is 5.94.